The largest absolute Gasteiger partial charge is 0.504 e. The van der Waals surface area contributed by atoms with Gasteiger partial charge in [-0.1, -0.05) is 6.07 Å². The van der Waals surface area contributed by atoms with Gasteiger partial charge in [0, 0.05) is 19.5 Å². The Kier molecular flexibility index (Phi) is 4.12. The molecule has 20 heavy (non-hydrogen) atoms. The second kappa shape index (κ2) is 5.81. The molecule has 0 unspecified atom stereocenters. The van der Waals surface area contributed by atoms with Gasteiger partial charge in [-0.3, -0.25) is 9.59 Å². The van der Waals surface area contributed by atoms with Gasteiger partial charge in [0.1, 0.15) is 0 Å². The number of nitrogens with zero attached hydrogens (tertiary/aromatic N) is 1. The van der Waals surface area contributed by atoms with Crippen LogP contribution in [-0.2, 0) is 4.79 Å². The first-order valence-electron chi connectivity index (χ1n) is 6.57. The quantitative estimate of drug-likeness (QED) is 0.712. The smallest absolute Gasteiger partial charge is 0.257 e. The summed E-state index contributed by atoms with van der Waals surface area (Å²) >= 11 is 0. The molecule has 0 saturated carbocycles. The maximum Gasteiger partial charge on any atom is 0.257 e. The van der Waals surface area contributed by atoms with Gasteiger partial charge >= 0.3 is 0 Å². The van der Waals surface area contributed by atoms with Crippen LogP contribution in [0.3, 0.4) is 0 Å². The average molecular weight is 278 g/mol. The Morgan fingerprint density at radius 3 is 2.50 bits per heavy atom. The monoisotopic (exact) mass is 278 g/mol. The van der Waals surface area contributed by atoms with Crippen LogP contribution in [-0.4, -0.2) is 40.0 Å². The highest BCUT2D eigenvalue weighted by molar-refractivity contribution is 5.97. The third kappa shape index (κ3) is 3.01. The van der Waals surface area contributed by atoms with Crippen molar-refractivity contribution in [1.82, 2.24) is 4.90 Å². The summed E-state index contributed by atoms with van der Waals surface area (Å²) in [5.74, 6) is -1.11. The molecule has 0 spiro atoms. The van der Waals surface area contributed by atoms with Gasteiger partial charge in [0.15, 0.2) is 11.5 Å². The number of carbonyl (C=O) groups excluding carboxylic acids is 2. The number of hydrogen-bond acceptors (Lipinski definition) is 4. The van der Waals surface area contributed by atoms with Gasteiger partial charge in [-0.2, -0.15) is 0 Å². The number of aromatic hydroxyl groups is 2. The Balaban J connectivity index is 2.02. The van der Waals surface area contributed by atoms with Gasteiger partial charge < -0.3 is 20.8 Å². The molecular formula is C14H18N2O4. The third-order valence-corrected chi connectivity index (χ3v) is 3.64. The summed E-state index contributed by atoms with van der Waals surface area (Å²) in [6.07, 6.45) is 1.78. The van der Waals surface area contributed by atoms with Crippen molar-refractivity contribution in [1.29, 1.82) is 0 Å². The van der Waals surface area contributed by atoms with Crippen molar-refractivity contribution in [2.45, 2.75) is 19.3 Å². The van der Waals surface area contributed by atoms with E-state index in [1.807, 2.05) is 0 Å². The molecule has 1 fully saturated rings. The Morgan fingerprint density at radius 2 is 1.90 bits per heavy atom. The zero-order valence-electron chi connectivity index (χ0n) is 11.1. The summed E-state index contributed by atoms with van der Waals surface area (Å²) in [6, 6.07) is 4.32. The minimum absolute atomic E-state index is 0.0957. The molecule has 1 aromatic rings. The number of piperidine rings is 1. The highest BCUT2D eigenvalue weighted by Crippen LogP contribution is 2.30. The van der Waals surface area contributed by atoms with Crippen LogP contribution in [0.15, 0.2) is 18.2 Å². The first-order chi connectivity index (χ1) is 9.49. The summed E-state index contributed by atoms with van der Waals surface area (Å²) in [5.41, 5.74) is 5.26. The number of phenols is 2. The predicted octanol–water partition coefficient (Wildman–Crippen LogP) is 0.825. The van der Waals surface area contributed by atoms with E-state index < -0.39 is 5.75 Å². The van der Waals surface area contributed by atoms with E-state index in [9.17, 15) is 19.8 Å². The molecular weight excluding hydrogens is 260 g/mol. The number of amides is 2. The summed E-state index contributed by atoms with van der Waals surface area (Å²) in [4.78, 5) is 24.7. The molecule has 1 aliphatic heterocycles. The lowest BCUT2D eigenvalue weighted by Crippen LogP contribution is -2.39. The first kappa shape index (κ1) is 14.2. The molecule has 1 saturated heterocycles. The number of primary amides is 1. The predicted molar refractivity (Wildman–Crippen MR) is 72.2 cm³/mol. The SMILES string of the molecule is NC(=O)CC1CCN(C(=O)c2cccc(O)c2O)CC1. The molecule has 0 atom stereocenters. The Bertz CT molecular complexity index is 522. The summed E-state index contributed by atoms with van der Waals surface area (Å²) in [6.45, 7) is 1.04. The molecule has 0 radical (unpaired) electrons. The van der Waals surface area contributed by atoms with Gasteiger partial charge in [-0.15, -0.1) is 0 Å². The van der Waals surface area contributed by atoms with Crippen molar-refractivity contribution < 1.29 is 19.8 Å². The Morgan fingerprint density at radius 1 is 1.25 bits per heavy atom. The lowest BCUT2D eigenvalue weighted by molar-refractivity contribution is -0.119. The molecule has 0 aliphatic carbocycles. The average Bonchev–Trinajstić information content (AvgIpc) is 2.41. The van der Waals surface area contributed by atoms with Gasteiger partial charge in [0.05, 0.1) is 5.56 Å². The minimum Gasteiger partial charge on any atom is -0.504 e. The molecule has 1 aromatic carbocycles. The lowest BCUT2D eigenvalue weighted by atomic mass is 9.93. The van der Waals surface area contributed by atoms with Crippen LogP contribution in [0.2, 0.25) is 0 Å². The normalized spacial score (nSPS) is 16.1. The van der Waals surface area contributed by atoms with E-state index in [1.165, 1.54) is 18.2 Å². The van der Waals surface area contributed by atoms with Crippen LogP contribution in [0.1, 0.15) is 29.6 Å². The van der Waals surface area contributed by atoms with Crippen molar-refractivity contribution >= 4 is 11.8 Å². The van der Waals surface area contributed by atoms with Gasteiger partial charge in [0.2, 0.25) is 5.91 Å². The summed E-state index contributed by atoms with van der Waals surface area (Å²) in [7, 11) is 0. The van der Waals surface area contributed by atoms with Crippen LogP contribution >= 0.6 is 0 Å². The molecule has 6 nitrogen and oxygen atoms in total. The van der Waals surface area contributed by atoms with Crippen LogP contribution in [0.25, 0.3) is 0 Å². The van der Waals surface area contributed by atoms with E-state index in [4.69, 9.17) is 5.73 Å². The van der Waals surface area contributed by atoms with Crippen molar-refractivity contribution in [3.63, 3.8) is 0 Å². The van der Waals surface area contributed by atoms with E-state index in [0.717, 1.165) is 0 Å². The standard InChI is InChI=1S/C14H18N2O4/c15-12(18)8-9-4-6-16(7-5-9)14(20)10-2-1-3-11(17)13(10)19/h1-3,9,17,19H,4-8H2,(H2,15,18). The van der Waals surface area contributed by atoms with Crippen molar-refractivity contribution in [2.24, 2.45) is 11.7 Å². The number of likely N-dealkylation sites (tertiary alicyclic amines) is 1. The number of hydrogen-bond donors (Lipinski definition) is 3. The van der Waals surface area contributed by atoms with Crippen molar-refractivity contribution in [3.05, 3.63) is 23.8 Å². The first-order valence-corrected chi connectivity index (χ1v) is 6.57. The molecule has 2 rings (SSSR count). The van der Waals surface area contributed by atoms with Gasteiger partial charge in [-0.05, 0) is 30.9 Å². The van der Waals surface area contributed by atoms with Gasteiger partial charge in [-0.25, -0.2) is 0 Å². The van der Waals surface area contributed by atoms with Gasteiger partial charge in [0.25, 0.3) is 5.91 Å². The molecule has 4 N–H and O–H groups in total. The van der Waals surface area contributed by atoms with Crippen molar-refractivity contribution in [3.8, 4) is 11.5 Å². The molecule has 1 aliphatic rings. The maximum absolute atomic E-state index is 12.3. The highest BCUT2D eigenvalue weighted by atomic mass is 16.3. The Labute approximate surface area is 116 Å². The fraction of sp³-hybridized carbons (Fsp3) is 0.429. The zero-order valence-corrected chi connectivity index (χ0v) is 11.1. The van der Waals surface area contributed by atoms with Crippen LogP contribution in [0, 0.1) is 5.92 Å². The third-order valence-electron chi connectivity index (χ3n) is 3.64. The van der Waals surface area contributed by atoms with Crippen LogP contribution < -0.4 is 5.73 Å². The number of nitrogens with two attached hydrogens (primary N) is 1. The minimum atomic E-state index is -0.392. The van der Waals surface area contributed by atoms with E-state index in [0.29, 0.717) is 32.4 Å². The number of benzene rings is 1. The van der Waals surface area contributed by atoms with E-state index >= 15 is 0 Å². The second-order valence-corrected chi connectivity index (χ2v) is 5.08. The maximum atomic E-state index is 12.3. The fourth-order valence-electron chi connectivity index (χ4n) is 2.50. The second-order valence-electron chi connectivity index (χ2n) is 5.08. The molecule has 6 heteroatoms. The van der Waals surface area contributed by atoms with E-state index in [2.05, 4.69) is 0 Å². The Hall–Kier alpha value is -2.24. The number of para-hydroxylation sites is 1. The van der Waals surface area contributed by atoms with E-state index in [-0.39, 0.29) is 29.0 Å². The molecule has 0 aromatic heterocycles. The zero-order chi connectivity index (χ0) is 14.7. The fourth-order valence-corrected chi connectivity index (χ4v) is 2.50. The van der Waals surface area contributed by atoms with E-state index in [1.54, 1.807) is 4.90 Å². The number of rotatable bonds is 3. The molecule has 0 bridgehead atoms. The van der Waals surface area contributed by atoms with Crippen LogP contribution in [0.5, 0.6) is 11.5 Å². The molecule has 2 amide bonds. The van der Waals surface area contributed by atoms with Crippen LogP contribution in [0.4, 0.5) is 0 Å². The number of phenolic OH excluding ortho intramolecular Hbond substituents is 2. The summed E-state index contributed by atoms with van der Waals surface area (Å²) < 4.78 is 0. The molecule has 1 heterocycles. The molecule has 108 valence electrons. The number of carbonyl (C=O) groups is 2. The summed E-state index contributed by atoms with van der Waals surface area (Å²) in [5, 5.41) is 19.1. The topological polar surface area (TPSA) is 104 Å². The highest BCUT2D eigenvalue weighted by Gasteiger charge is 2.26. The van der Waals surface area contributed by atoms with Crippen molar-refractivity contribution in [2.75, 3.05) is 13.1 Å². The lowest BCUT2D eigenvalue weighted by Gasteiger charge is -2.31.